The molecular weight excluding hydrogens is 444 g/mol. The van der Waals surface area contributed by atoms with Crippen molar-refractivity contribution < 1.29 is 22.7 Å². The van der Waals surface area contributed by atoms with Crippen LogP contribution in [0.5, 0.6) is 11.5 Å². The summed E-state index contributed by atoms with van der Waals surface area (Å²) >= 11 is 0. The number of anilines is 1. The fraction of sp³-hybridized carbons (Fsp3) is 0.435. The first kappa shape index (κ1) is 26.1. The molecule has 33 heavy (non-hydrogen) atoms. The van der Waals surface area contributed by atoms with Gasteiger partial charge in [0.15, 0.2) is 9.84 Å². The molecule has 1 aromatic carbocycles. The molecule has 1 aromatic heterocycles. The number of carbonyl (C=O) groups is 1. The number of rotatable bonds is 7. The number of sulfone groups is 1. The van der Waals surface area contributed by atoms with E-state index in [-0.39, 0.29) is 17.5 Å². The average molecular weight is 477 g/mol. The molecular formula is C23H32N4O5S. The van der Waals surface area contributed by atoms with Gasteiger partial charge >= 0.3 is 0 Å². The number of aromatic nitrogens is 1. The van der Waals surface area contributed by atoms with E-state index in [0.29, 0.717) is 30.9 Å². The van der Waals surface area contributed by atoms with E-state index in [4.69, 9.17) is 20.6 Å². The lowest BCUT2D eigenvalue weighted by molar-refractivity contribution is -0.105. The van der Waals surface area contributed by atoms with Gasteiger partial charge in [0.1, 0.15) is 22.1 Å². The highest BCUT2D eigenvalue weighted by Crippen LogP contribution is 2.37. The van der Waals surface area contributed by atoms with Gasteiger partial charge in [-0.25, -0.2) is 8.42 Å². The Morgan fingerprint density at radius 2 is 2.06 bits per heavy atom. The topological polar surface area (TPSA) is 144 Å². The third-order valence-corrected chi connectivity index (χ3v) is 8.41. The van der Waals surface area contributed by atoms with Gasteiger partial charge in [0, 0.05) is 22.9 Å². The first-order valence-corrected chi connectivity index (χ1v) is 12.1. The maximum atomic E-state index is 12.6. The number of benzene rings is 1. The Kier molecular flexibility index (Phi) is 8.43. The molecule has 1 atom stereocenters. The Bertz CT molecular complexity index is 1120. The highest BCUT2D eigenvalue weighted by molar-refractivity contribution is 7.93. The van der Waals surface area contributed by atoms with E-state index in [0.717, 1.165) is 17.0 Å². The number of carbonyl (C=O) groups excluding carboxylic acids is 1. The van der Waals surface area contributed by atoms with E-state index in [9.17, 15) is 13.2 Å². The molecule has 1 aliphatic rings. The van der Waals surface area contributed by atoms with Gasteiger partial charge in [-0.2, -0.15) is 0 Å². The smallest absolute Gasteiger partial charge is 0.211 e. The summed E-state index contributed by atoms with van der Waals surface area (Å²) < 4.78 is 34.4. The van der Waals surface area contributed by atoms with Crippen LogP contribution in [0.2, 0.25) is 0 Å². The number of nitrogens with zero attached hydrogens (tertiary/aromatic N) is 1. The van der Waals surface area contributed by atoms with Gasteiger partial charge in [0.2, 0.25) is 6.41 Å². The summed E-state index contributed by atoms with van der Waals surface area (Å²) in [4.78, 5) is 14.7. The molecule has 2 aromatic rings. The third-order valence-electron chi connectivity index (χ3n) is 5.80. The summed E-state index contributed by atoms with van der Waals surface area (Å²) in [6.45, 7) is 7.30. The second-order valence-corrected chi connectivity index (χ2v) is 10.9. The van der Waals surface area contributed by atoms with Crippen LogP contribution in [0.4, 0.5) is 5.69 Å². The lowest BCUT2D eigenvalue weighted by atomic mass is 9.94. The SMILES string of the molecule is CC(C)(C(=N)N)S(=O)(=O)CC1CCOc2ccc(NC=O)cc21.COc1cnc(C)c(C)c1. The summed E-state index contributed by atoms with van der Waals surface area (Å²) in [5, 5.41) is 10.1. The van der Waals surface area contributed by atoms with Gasteiger partial charge in [0.25, 0.3) is 0 Å². The zero-order valence-electron chi connectivity index (χ0n) is 19.6. The standard InChI is InChI=1S/C15H21N3O4S.C8H11NO/c1-15(2,14(16)17)23(20,21)8-10-5-6-22-13-4-3-11(18-9-19)7-12(10)13;1-6-4-8(10-3)5-9-7(6)2/h3-4,7,9-10H,5-6,8H2,1-2H3,(H3,16,17)(H,18,19);4-5H,1-3H3. The van der Waals surface area contributed by atoms with Gasteiger partial charge in [0.05, 0.1) is 25.7 Å². The molecule has 0 bridgehead atoms. The van der Waals surface area contributed by atoms with Gasteiger partial charge in [-0.15, -0.1) is 0 Å². The molecule has 0 aliphatic carbocycles. The number of aryl methyl sites for hydroxylation is 2. The molecule has 1 unspecified atom stereocenters. The van der Waals surface area contributed by atoms with Crippen LogP contribution in [0.25, 0.3) is 0 Å². The van der Waals surface area contributed by atoms with Crippen molar-refractivity contribution in [2.75, 3.05) is 24.8 Å². The van der Waals surface area contributed by atoms with Crippen LogP contribution >= 0.6 is 0 Å². The summed E-state index contributed by atoms with van der Waals surface area (Å²) in [6.07, 6.45) is 2.84. The molecule has 0 fully saturated rings. The van der Waals surface area contributed by atoms with Crippen LogP contribution in [0, 0.1) is 19.3 Å². The number of hydrogen-bond acceptors (Lipinski definition) is 7. The van der Waals surface area contributed by atoms with Crippen molar-refractivity contribution in [3.63, 3.8) is 0 Å². The number of nitrogens with two attached hydrogens (primary N) is 1. The quantitative estimate of drug-likeness (QED) is 0.316. The Labute approximate surface area is 195 Å². The molecule has 0 radical (unpaired) electrons. The molecule has 2 heterocycles. The molecule has 3 rings (SSSR count). The summed E-state index contributed by atoms with van der Waals surface area (Å²) in [6, 6.07) is 7.12. The highest BCUT2D eigenvalue weighted by atomic mass is 32.2. The maximum absolute atomic E-state index is 12.6. The van der Waals surface area contributed by atoms with E-state index >= 15 is 0 Å². The first-order valence-electron chi connectivity index (χ1n) is 10.4. The number of fused-ring (bicyclic) bond motifs is 1. The monoisotopic (exact) mass is 476 g/mol. The number of ether oxygens (including phenoxy) is 2. The lowest BCUT2D eigenvalue weighted by Gasteiger charge is -2.30. The fourth-order valence-electron chi connectivity index (χ4n) is 3.17. The first-order chi connectivity index (χ1) is 15.4. The minimum atomic E-state index is -3.62. The van der Waals surface area contributed by atoms with E-state index in [1.54, 1.807) is 31.5 Å². The molecule has 9 nitrogen and oxygen atoms in total. The Balaban J connectivity index is 0.000000321. The molecule has 4 N–H and O–H groups in total. The van der Waals surface area contributed by atoms with Gasteiger partial charge in [-0.1, -0.05) is 0 Å². The van der Waals surface area contributed by atoms with Crippen LogP contribution in [-0.2, 0) is 14.6 Å². The van der Waals surface area contributed by atoms with Crippen LogP contribution in [0.15, 0.2) is 30.5 Å². The van der Waals surface area contributed by atoms with E-state index < -0.39 is 14.6 Å². The molecule has 10 heteroatoms. The zero-order chi connectivity index (χ0) is 24.8. The van der Waals surface area contributed by atoms with Gasteiger partial charge < -0.3 is 20.5 Å². The number of amides is 1. The predicted molar refractivity (Wildman–Crippen MR) is 129 cm³/mol. The lowest BCUT2D eigenvalue weighted by Crippen LogP contribution is -2.47. The van der Waals surface area contributed by atoms with Crippen molar-refractivity contribution in [1.29, 1.82) is 5.41 Å². The van der Waals surface area contributed by atoms with Crippen LogP contribution in [-0.4, -0.2) is 49.9 Å². The van der Waals surface area contributed by atoms with Crippen molar-refractivity contribution in [1.82, 2.24) is 4.98 Å². The molecule has 0 spiro atoms. The van der Waals surface area contributed by atoms with Crippen molar-refractivity contribution in [2.45, 2.75) is 44.8 Å². The number of pyridine rings is 1. The second kappa shape index (κ2) is 10.7. The summed E-state index contributed by atoms with van der Waals surface area (Å²) in [5.74, 6) is 0.675. The molecule has 1 aliphatic heterocycles. The number of hydrogen-bond donors (Lipinski definition) is 3. The average Bonchev–Trinajstić information content (AvgIpc) is 2.76. The van der Waals surface area contributed by atoms with Crippen molar-refractivity contribution >= 4 is 27.8 Å². The number of methoxy groups -OCH3 is 1. The van der Waals surface area contributed by atoms with Crippen LogP contribution in [0.3, 0.4) is 0 Å². The zero-order valence-corrected chi connectivity index (χ0v) is 20.5. The minimum absolute atomic E-state index is 0.125. The number of nitrogens with one attached hydrogen (secondary N) is 2. The van der Waals surface area contributed by atoms with Crippen molar-refractivity contribution in [3.05, 3.63) is 47.3 Å². The second-order valence-electron chi connectivity index (χ2n) is 8.33. The predicted octanol–water partition coefficient (Wildman–Crippen LogP) is 2.96. The van der Waals surface area contributed by atoms with Crippen LogP contribution in [0.1, 0.15) is 43.0 Å². The summed E-state index contributed by atoms with van der Waals surface area (Å²) in [7, 11) is -1.98. The van der Waals surface area contributed by atoms with E-state index in [1.165, 1.54) is 19.4 Å². The Hall–Kier alpha value is -3.14. The largest absolute Gasteiger partial charge is 0.495 e. The maximum Gasteiger partial charge on any atom is 0.211 e. The van der Waals surface area contributed by atoms with E-state index in [2.05, 4.69) is 10.3 Å². The third kappa shape index (κ3) is 6.22. The van der Waals surface area contributed by atoms with Crippen molar-refractivity contribution in [3.8, 4) is 11.5 Å². The van der Waals surface area contributed by atoms with Gasteiger partial charge in [-0.05, 0) is 63.9 Å². The highest BCUT2D eigenvalue weighted by Gasteiger charge is 2.40. The fourth-order valence-corrected chi connectivity index (χ4v) is 4.79. The molecule has 180 valence electrons. The van der Waals surface area contributed by atoms with Crippen molar-refractivity contribution in [2.24, 2.45) is 5.73 Å². The number of amidine groups is 1. The Morgan fingerprint density at radius 1 is 1.36 bits per heavy atom. The molecule has 0 saturated carbocycles. The Morgan fingerprint density at radius 3 is 2.64 bits per heavy atom. The summed E-state index contributed by atoms with van der Waals surface area (Å²) in [5.41, 5.74) is 9.00. The molecule has 0 saturated heterocycles. The molecule has 1 amide bonds. The van der Waals surface area contributed by atoms with Crippen LogP contribution < -0.4 is 20.5 Å². The van der Waals surface area contributed by atoms with E-state index in [1.807, 2.05) is 19.9 Å². The normalized spacial score (nSPS) is 15.2. The van der Waals surface area contributed by atoms with Gasteiger partial charge in [-0.3, -0.25) is 15.2 Å². The minimum Gasteiger partial charge on any atom is -0.495 e.